The molecule has 0 spiro atoms. The Morgan fingerprint density at radius 3 is 2.24 bits per heavy atom. The molecule has 0 aliphatic carbocycles. The molecule has 1 aliphatic rings. The summed E-state index contributed by atoms with van der Waals surface area (Å²) in [5.41, 5.74) is 6.37. The van der Waals surface area contributed by atoms with Gasteiger partial charge in [0.2, 0.25) is 0 Å². The Labute approximate surface area is 189 Å². The van der Waals surface area contributed by atoms with Crippen LogP contribution in [-0.4, -0.2) is 42.1 Å². The van der Waals surface area contributed by atoms with E-state index in [0.717, 1.165) is 11.6 Å². The van der Waals surface area contributed by atoms with Crippen molar-refractivity contribution in [2.24, 2.45) is 5.73 Å². The topological polar surface area (TPSA) is 93.9 Å². The lowest BCUT2D eigenvalue weighted by Crippen LogP contribution is -2.54. The van der Waals surface area contributed by atoms with Crippen LogP contribution >= 0.6 is 0 Å². The Morgan fingerprint density at radius 2 is 1.67 bits per heavy atom. The maximum Gasteiger partial charge on any atom is 0.573 e. The van der Waals surface area contributed by atoms with E-state index in [1.165, 1.54) is 23.1 Å². The first-order valence-electron chi connectivity index (χ1n) is 10.5. The van der Waals surface area contributed by atoms with E-state index in [-0.39, 0.29) is 31.5 Å². The lowest BCUT2D eigenvalue weighted by atomic mass is 10.0. The zero-order valence-corrected chi connectivity index (χ0v) is 18.3. The number of nitrogens with one attached hydrogen (secondary N) is 1. The largest absolute Gasteiger partial charge is 0.573 e. The quantitative estimate of drug-likeness (QED) is 0.616. The minimum Gasteiger partial charge on any atom is -0.428 e. The van der Waals surface area contributed by atoms with Crippen LogP contribution in [0.15, 0.2) is 48.5 Å². The molecule has 0 aromatic heterocycles. The molecule has 3 N–H and O–H groups in total. The van der Waals surface area contributed by atoms with Crippen LogP contribution in [0.4, 0.5) is 23.7 Å². The van der Waals surface area contributed by atoms with E-state index in [2.05, 4.69) is 23.9 Å². The molecular weight excluding hydrogens is 439 g/mol. The summed E-state index contributed by atoms with van der Waals surface area (Å²) in [5, 5.41) is 2.62. The van der Waals surface area contributed by atoms with E-state index in [9.17, 15) is 22.8 Å². The standard InChI is InChI=1S/C23H26F3N3O4/c1-15(2)16-7-9-17(10-8-16)28-21(31)33-22(27)11-13-29(14-12-22)20(30)18-5-3-4-6-19(18)32-23(24,25)26/h3-10,15H,11-14,27H2,1-2H3,(H,28,31). The first kappa shape index (κ1) is 24.4. The van der Waals surface area contributed by atoms with Gasteiger partial charge in [0.1, 0.15) is 5.75 Å². The molecule has 0 atom stereocenters. The fourth-order valence-corrected chi connectivity index (χ4v) is 3.50. The minimum atomic E-state index is -4.92. The molecule has 2 aromatic rings. The summed E-state index contributed by atoms with van der Waals surface area (Å²) in [5.74, 6) is -0.830. The highest BCUT2D eigenvalue weighted by Gasteiger charge is 2.38. The highest BCUT2D eigenvalue weighted by Crippen LogP contribution is 2.29. The molecular formula is C23H26F3N3O4. The highest BCUT2D eigenvalue weighted by molar-refractivity contribution is 5.97. The number of carbonyl (C=O) groups excluding carboxylic acids is 2. The van der Waals surface area contributed by atoms with Gasteiger partial charge >= 0.3 is 12.5 Å². The van der Waals surface area contributed by atoms with Crippen LogP contribution in [0.25, 0.3) is 0 Å². The fraction of sp³-hybridized carbons (Fsp3) is 0.391. The molecule has 0 radical (unpaired) electrons. The molecule has 0 unspecified atom stereocenters. The van der Waals surface area contributed by atoms with Crippen LogP contribution in [0.5, 0.6) is 5.75 Å². The Bertz CT molecular complexity index is 985. The molecule has 10 heteroatoms. The van der Waals surface area contributed by atoms with Crippen molar-refractivity contribution in [1.29, 1.82) is 0 Å². The van der Waals surface area contributed by atoms with Gasteiger partial charge in [0.05, 0.1) is 5.56 Å². The smallest absolute Gasteiger partial charge is 0.428 e. The maximum atomic E-state index is 12.8. The number of anilines is 1. The summed E-state index contributed by atoms with van der Waals surface area (Å²) in [6, 6.07) is 12.5. The van der Waals surface area contributed by atoms with Gasteiger partial charge in [-0.15, -0.1) is 13.2 Å². The normalized spacial score (nSPS) is 15.8. The average molecular weight is 465 g/mol. The van der Waals surface area contributed by atoms with E-state index in [4.69, 9.17) is 10.5 Å². The van der Waals surface area contributed by atoms with Crippen LogP contribution in [0.2, 0.25) is 0 Å². The number of ether oxygens (including phenoxy) is 2. The van der Waals surface area contributed by atoms with E-state index >= 15 is 0 Å². The van der Waals surface area contributed by atoms with Gasteiger partial charge in [-0.2, -0.15) is 0 Å². The van der Waals surface area contributed by atoms with Crippen LogP contribution in [0, 0.1) is 0 Å². The van der Waals surface area contributed by atoms with Gasteiger partial charge in [0.25, 0.3) is 5.91 Å². The molecule has 0 bridgehead atoms. The number of carbonyl (C=O) groups is 2. The number of nitrogens with zero attached hydrogens (tertiary/aromatic N) is 1. The molecule has 0 saturated carbocycles. The Balaban J connectivity index is 1.57. The van der Waals surface area contributed by atoms with Crippen molar-refractivity contribution < 1.29 is 32.2 Å². The molecule has 178 valence electrons. The highest BCUT2D eigenvalue weighted by atomic mass is 19.4. The lowest BCUT2D eigenvalue weighted by Gasteiger charge is -2.38. The van der Waals surface area contributed by atoms with Gasteiger partial charge < -0.3 is 14.4 Å². The second-order valence-corrected chi connectivity index (χ2v) is 8.19. The summed E-state index contributed by atoms with van der Waals surface area (Å²) in [6.07, 6.45) is -5.39. The molecule has 7 nitrogen and oxygen atoms in total. The predicted octanol–water partition coefficient (Wildman–Crippen LogP) is 4.85. The predicted molar refractivity (Wildman–Crippen MR) is 116 cm³/mol. The molecule has 1 fully saturated rings. The summed E-state index contributed by atoms with van der Waals surface area (Å²) in [7, 11) is 0. The third kappa shape index (κ3) is 6.61. The van der Waals surface area contributed by atoms with E-state index in [0.29, 0.717) is 11.6 Å². The third-order valence-electron chi connectivity index (χ3n) is 5.36. The zero-order chi connectivity index (χ0) is 24.2. The number of hydrogen-bond donors (Lipinski definition) is 2. The van der Waals surface area contributed by atoms with Gasteiger partial charge in [-0.3, -0.25) is 15.8 Å². The fourth-order valence-electron chi connectivity index (χ4n) is 3.50. The lowest BCUT2D eigenvalue weighted by molar-refractivity contribution is -0.274. The molecule has 2 amide bonds. The number of alkyl halides is 3. The maximum absolute atomic E-state index is 12.8. The van der Waals surface area contributed by atoms with E-state index < -0.39 is 29.8 Å². The van der Waals surface area contributed by atoms with Gasteiger partial charge in [-0.25, -0.2) is 4.79 Å². The van der Waals surface area contributed by atoms with Crippen LogP contribution in [-0.2, 0) is 4.74 Å². The van der Waals surface area contributed by atoms with E-state index in [1.807, 2.05) is 12.1 Å². The zero-order valence-electron chi connectivity index (χ0n) is 18.3. The van der Waals surface area contributed by atoms with Crippen molar-refractivity contribution in [2.75, 3.05) is 18.4 Å². The molecule has 3 rings (SSSR count). The van der Waals surface area contributed by atoms with Crippen LogP contribution in [0.1, 0.15) is 48.5 Å². The summed E-state index contributed by atoms with van der Waals surface area (Å²) in [4.78, 5) is 26.4. The van der Waals surface area contributed by atoms with Gasteiger partial charge in [0.15, 0.2) is 5.72 Å². The monoisotopic (exact) mass is 465 g/mol. The number of benzene rings is 2. The number of rotatable bonds is 5. The van der Waals surface area contributed by atoms with Crippen molar-refractivity contribution in [3.05, 3.63) is 59.7 Å². The number of para-hydroxylation sites is 1. The molecule has 1 heterocycles. The summed E-state index contributed by atoms with van der Waals surface area (Å²) < 4.78 is 47.3. The number of amides is 2. The third-order valence-corrected chi connectivity index (χ3v) is 5.36. The van der Waals surface area contributed by atoms with Crippen LogP contribution < -0.4 is 15.8 Å². The van der Waals surface area contributed by atoms with Gasteiger partial charge in [0, 0.05) is 31.6 Å². The average Bonchev–Trinajstić information content (AvgIpc) is 2.73. The van der Waals surface area contributed by atoms with Crippen molar-refractivity contribution in [3.8, 4) is 5.75 Å². The number of likely N-dealkylation sites (tertiary alicyclic amines) is 1. The molecule has 1 aliphatic heterocycles. The number of piperidine rings is 1. The molecule has 33 heavy (non-hydrogen) atoms. The van der Waals surface area contributed by atoms with E-state index in [1.54, 1.807) is 12.1 Å². The Hall–Kier alpha value is -3.27. The Morgan fingerprint density at radius 1 is 1.06 bits per heavy atom. The summed E-state index contributed by atoms with van der Waals surface area (Å²) >= 11 is 0. The second-order valence-electron chi connectivity index (χ2n) is 8.19. The van der Waals surface area contributed by atoms with Crippen molar-refractivity contribution >= 4 is 17.7 Å². The summed E-state index contributed by atoms with van der Waals surface area (Å²) in [6.45, 7) is 4.33. The number of halogens is 3. The first-order valence-corrected chi connectivity index (χ1v) is 10.5. The van der Waals surface area contributed by atoms with Crippen molar-refractivity contribution in [3.63, 3.8) is 0 Å². The first-order chi connectivity index (χ1) is 15.5. The number of nitrogens with two attached hydrogens (primary N) is 1. The van der Waals surface area contributed by atoms with Gasteiger partial charge in [-0.05, 0) is 35.7 Å². The van der Waals surface area contributed by atoms with Crippen molar-refractivity contribution in [2.45, 2.75) is 44.7 Å². The van der Waals surface area contributed by atoms with Crippen LogP contribution in [0.3, 0.4) is 0 Å². The molecule has 1 saturated heterocycles. The van der Waals surface area contributed by atoms with Crippen molar-refractivity contribution in [1.82, 2.24) is 4.90 Å². The second kappa shape index (κ2) is 9.70. The minimum absolute atomic E-state index is 0.103. The van der Waals surface area contributed by atoms with Gasteiger partial charge in [-0.1, -0.05) is 38.1 Å². The molecule has 2 aromatic carbocycles. The SMILES string of the molecule is CC(C)c1ccc(NC(=O)OC2(N)CCN(C(=O)c3ccccc3OC(F)(F)F)CC2)cc1. The Kier molecular flexibility index (Phi) is 7.16. The number of hydrogen-bond acceptors (Lipinski definition) is 5.